The van der Waals surface area contributed by atoms with Crippen LogP contribution < -0.4 is 14.9 Å². The van der Waals surface area contributed by atoms with E-state index in [4.69, 9.17) is 17.2 Å². The fourth-order valence-electron chi connectivity index (χ4n) is 4.82. The molecule has 0 amide bonds. The summed E-state index contributed by atoms with van der Waals surface area (Å²) in [6.45, 7) is 1.87. The van der Waals surface area contributed by atoms with Gasteiger partial charge in [-0.2, -0.15) is 0 Å². The highest BCUT2D eigenvalue weighted by Crippen LogP contribution is 2.43. The summed E-state index contributed by atoms with van der Waals surface area (Å²) in [6.07, 6.45) is 4.94. The number of nitrogens with zero attached hydrogens (tertiary/aromatic N) is 4. The molecule has 0 unspecified atom stereocenters. The topological polar surface area (TPSA) is 92.2 Å². The van der Waals surface area contributed by atoms with Gasteiger partial charge in [0.05, 0.1) is 39.6 Å². The lowest BCUT2D eigenvalue weighted by molar-refractivity contribution is 0.549. The Labute approximate surface area is 230 Å². The predicted octanol–water partition coefficient (Wildman–Crippen LogP) is 5.34. The quantitative estimate of drug-likeness (QED) is 0.271. The Morgan fingerprint density at radius 2 is 1.87 bits per heavy atom. The van der Waals surface area contributed by atoms with E-state index in [1.165, 1.54) is 0 Å². The molecule has 2 aromatic carbocycles. The van der Waals surface area contributed by atoms with Crippen LogP contribution in [0.4, 0.5) is 11.4 Å². The van der Waals surface area contributed by atoms with E-state index in [0.717, 1.165) is 44.2 Å². The minimum Gasteiger partial charge on any atom is -0.351 e. The van der Waals surface area contributed by atoms with E-state index in [9.17, 15) is 8.42 Å². The molecular formula is C27H24N6O2S3. The standard InChI is InChI=1S/C27H24N6O2S3/c1-17-16-18(12-13-19(17)31-38(2,34)35)33-25(24(30-26(33)36)21-9-5-6-14-28-21)22-10-7-15-32(22)27-29-20-8-3-4-11-23(20)37-27/h3-16,24-25,31H,1-2H3,(H,30,36)/t24-,25-/m0/s1. The van der Waals surface area contributed by atoms with Crippen LogP contribution in [0, 0.1) is 6.92 Å². The zero-order chi connectivity index (χ0) is 26.4. The van der Waals surface area contributed by atoms with Crippen LogP contribution >= 0.6 is 23.6 Å². The Hall–Kier alpha value is -3.80. The maximum Gasteiger partial charge on any atom is 0.229 e. The highest BCUT2D eigenvalue weighted by Gasteiger charge is 2.42. The first-order valence-electron chi connectivity index (χ1n) is 11.9. The smallest absolute Gasteiger partial charge is 0.229 e. The minimum atomic E-state index is -3.40. The number of sulfonamides is 1. The van der Waals surface area contributed by atoms with Crippen molar-refractivity contribution in [2.75, 3.05) is 15.9 Å². The number of benzene rings is 2. The molecule has 0 radical (unpaired) electrons. The van der Waals surface area contributed by atoms with Gasteiger partial charge in [-0.1, -0.05) is 29.5 Å². The van der Waals surface area contributed by atoms with Crippen LogP contribution in [0.25, 0.3) is 15.3 Å². The van der Waals surface area contributed by atoms with Gasteiger partial charge >= 0.3 is 0 Å². The number of rotatable bonds is 6. The molecule has 2 N–H and O–H groups in total. The molecule has 11 heteroatoms. The van der Waals surface area contributed by atoms with Crippen LogP contribution in [0.15, 0.2) is 85.2 Å². The van der Waals surface area contributed by atoms with Crippen molar-refractivity contribution in [3.05, 3.63) is 102 Å². The molecule has 1 aliphatic rings. The Balaban J connectivity index is 1.48. The maximum absolute atomic E-state index is 11.8. The van der Waals surface area contributed by atoms with Crippen molar-refractivity contribution in [1.29, 1.82) is 0 Å². The molecule has 6 rings (SSSR count). The monoisotopic (exact) mass is 560 g/mol. The van der Waals surface area contributed by atoms with Crippen LogP contribution in [-0.4, -0.2) is 34.3 Å². The van der Waals surface area contributed by atoms with Crippen LogP contribution in [0.2, 0.25) is 0 Å². The molecular weight excluding hydrogens is 537 g/mol. The predicted molar refractivity (Wildman–Crippen MR) is 157 cm³/mol. The third kappa shape index (κ3) is 4.53. The highest BCUT2D eigenvalue weighted by molar-refractivity contribution is 7.92. The first-order valence-corrected chi connectivity index (χ1v) is 15.0. The number of nitrogens with one attached hydrogen (secondary N) is 2. The molecule has 4 heterocycles. The van der Waals surface area contributed by atoms with Crippen molar-refractivity contribution in [1.82, 2.24) is 19.9 Å². The van der Waals surface area contributed by atoms with Gasteiger partial charge in [0.2, 0.25) is 10.0 Å². The number of anilines is 2. The van der Waals surface area contributed by atoms with E-state index in [1.54, 1.807) is 23.6 Å². The second-order valence-corrected chi connectivity index (χ2v) is 12.3. The van der Waals surface area contributed by atoms with Crippen LogP contribution in [0.5, 0.6) is 0 Å². The molecule has 1 aliphatic heterocycles. The number of fused-ring (bicyclic) bond motifs is 1. The third-order valence-corrected chi connectivity index (χ3v) is 8.39. The van der Waals surface area contributed by atoms with Gasteiger partial charge < -0.3 is 10.2 Å². The Morgan fingerprint density at radius 1 is 1.05 bits per heavy atom. The first-order chi connectivity index (χ1) is 18.3. The summed E-state index contributed by atoms with van der Waals surface area (Å²) in [6, 6.07) is 23.2. The number of hydrogen-bond acceptors (Lipinski definition) is 6. The summed E-state index contributed by atoms with van der Waals surface area (Å²) in [5, 5.41) is 4.92. The summed E-state index contributed by atoms with van der Waals surface area (Å²) >= 11 is 7.51. The largest absolute Gasteiger partial charge is 0.351 e. The normalized spacial score (nSPS) is 17.6. The molecule has 1 saturated heterocycles. The summed E-state index contributed by atoms with van der Waals surface area (Å²) in [5.74, 6) is 0. The SMILES string of the molecule is Cc1cc(N2C(=S)N[C@@H](c3ccccn3)[C@@H]2c2cccn2-c2nc3ccccc3s2)ccc1NS(C)(=O)=O. The Kier molecular flexibility index (Phi) is 6.13. The van der Waals surface area contributed by atoms with Crippen molar-refractivity contribution < 1.29 is 8.42 Å². The fourth-order valence-corrected chi connectivity index (χ4v) is 6.76. The Morgan fingerprint density at radius 3 is 2.61 bits per heavy atom. The second-order valence-electron chi connectivity index (χ2n) is 9.14. The van der Waals surface area contributed by atoms with Crippen LogP contribution in [0.3, 0.4) is 0 Å². The first kappa shape index (κ1) is 24.5. The van der Waals surface area contributed by atoms with Gasteiger partial charge in [0, 0.05) is 18.1 Å². The average Bonchev–Trinajstić information content (AvgIpc) is 3.61. The molecule has 8 nitrogen and oxygen atoms in total. The van der Waals surface area contributed by atoms with Crippen molar-refractivity contribution in [2.45, 2.75) is 19.0 Å². The molecule has 0 bridgehead atoms. The molecule has 38 heavy (non-hydrogen) atoms. The van der Waals surface area contributed by atoms with Gasteiger partial charge in [0.25, 0.3) is 0 Å². The lowest BCUT2D eigenvalue weighted by atomic mass is 10.0. The van der Waals surface area contributed by atoms with E-state index >= 15 is 0 Å². The second kappa shape index (κ2) is 9.50. The number of pyridine rings is 1. The Bertz CT molecular complexity index is 1730. The van der Waals surface area contributed by atoms with Crippen LogP contribution in [0.1, 0.15) is 29.0 Å². The number of aryl methyl sites for hydroxylation is 1. The summed E-state index contributed by atoms with van der Waals surface area (Å²) < 4.78 is 29.5. The van der Waals surface area contributed by atoms with E-state index in [2.05, 4.69) is 36.6 Å². The fraction of sp³-hybridized carbons (Fsp3) is 0.148. The minimum absolute atomic E-state index is 0.221. The summed E-state index contributed by atoms with van der Waals surface area (Å²) in [4.78, 5) is 11.6. The zero-order valence-corrected chi connectivity index (χ0v) is 23.0. The van der Waals surface area contributed by atoms with Gasteiger partial charge in [0.15, 0.2) is 10.2 Å². The molecule has 192 valence electrons. The van der Waals surface area contributed by atoms with Crippen molar-refractivity contribution >= 4 is 60.3 Å². The van der Waals surface area contributed by atoms with E-state index < -0.39 is 10.0 Å². The number of para-hydroxylation sites is 1. The summed E-state index contributed by atoms with van der Waals surface area (Å²) in [7, 11) is -3.40. The number of thiocarbonyl (C=S) groups is 1. The third-order valence-electron chi connectivity index (χ3n) is 6.45. The van der Waals surface area contributed by atoms with E-state index in [0.29, 0.717) is 10.8 Å². The van der Waals surface area contributed by atoms with Gasteiger partial charge in [-0.15, -0.1) is 0 Å². The average molecular weight is 561 g/mol. The molecule has 5 aromatic rings. The van der Waals surface area contributed by atoms with Crippen LogP contribution in [-0.2, 0) is 10.0 Å². The highest BCUT2D eigenvalue weighted by atomic mass is 32.2. The van der Waals surface area contributed by atoms with Gasteiger partial charge in [-0.3, -0.25) is 14.3 Å². The van der Waals surface area contributed by atoms with Gasteiger partial charge in [-0.25, -0.2) is 13.4 Å². The van der Waals surface area contributed by atoms with Crippen molar-refractivity contribution in [3.8, 4) is 5.13 Å². The van der Waals surface area contributed by atoms with E-state index in [-0.39, 0.29) is 12.1 Å². The van der Waals surface area contributed by atoms with Gasteiger partial charge in [-0.05, 0) is 79.3 Å². The van der Waals surface area contributed by atoms with Gasteiger partial charge in [0.1, 0.15) is 6.04 Å². The molecule has 0 spiro atoms. The summed E-state index contributed by atoms with van der Waals surface area (Å²) in [5.41, 5.74) is 4.99. The maximum atomic E-state index is 11.8. The molecule has 1 fully saturated rings. The lowest BCUT2D eigenvalue weighted by Gasteiger charge is -2.29. The molecule has 0 aliphatic carbocycles. The van der Waals surface area contributed by atoms with Crippen molar-refractivity contribution in [3.63, 3.8) is 0 Å². The number of hydrogen-bond donors (Lipinski definition) is 2. The molecule has 3 aromatic heterocycles. The van der Waals surface area contributed by atoms with Crippen molar-refractivity contribution in [2.24, 2.45) is 0 Å². The molecule has 0 saturated carbocycles. The number of thiazole rings is 1. The van der Waals surface area contributed by atoms with E-state index in [1.807, 2.05) is 67.7 Å². The molecule has 2 atom stereocenters. The number of aromatic nitrogens is 3. The zero-order valence-electron chi connectivity index (χ0n) is 20.6. The lowest BCUT2D eigenvalue weighted by Crippen LogP contribution is -2.30.